The van der Waals surface area contributed by atoms with E-state index < -0.39 is 0 Å². The molecule has 1 rings (SSSR count). The van der Waals surface area contributed by atoms with Crippen molar-refractivity contribution in [2.24, 2.45) is 5.73 Å². The Hall–Kier alpha value is -1.26. The second kappa shape index (κ2) is 4.11. The molecule has 0 aliphatic rings. The zero-order chi connectivity index (χ0) is 9.84. The van der Waals surface area contributed by atoms with Gasteiger partial charge in [-0.15, -0.1) is 0 Å². The highest BCUT2D eigenvalue weighted by atomic mass is 16.5. The van der Waals surface area contributed by atoms with Gasteiger partial charge in [-0.1, -0.05) is 0 Å². The van der Waals surface area contributed by atoms with E-state index in [1.165, 1.54) is 0 Å². The lowest BCUT2D eigenvalue weighted by molar-refractivity contribution is 0.181. The molecule has 0 aliphatic heterocycles. The molecule has 13 heavy (non-hydrogen) atoms. The van der Waals surface area contributed by atoms with Crippen LogP contribution in [-0.4, -0.2) is 13.7 Å². The number of benzene rings is 1. The highest BCUT2D eigenvalue weighted by Crippen LogP contribution is 2.21. The Balaban J connectivity index is 2.91. The van der Waals surface area contributed by atoms with Gasteiger partial charge in [0.2, 0.25) is 0 Å². The van der Waals surface area contributed by atoms with E-state index in [0.717, 1.165) is 5.56 Å². The number of nitrogen functional groups attached to an aromatic ring is 2. The average molecular weight is 181 g/mol. The molecule has 4 nitrogen and oxygen atoms in total. The van der Waals surface area contributed by atoms with Crippen molar-refractivity contribution in [1.82, 2.24) is 0 Å². The molecule has 1 atom stereocenters. The van der Waals surface area contributed by atoms with E-state index in [1.54, 1.807) is 25.3 Å². The normalized spacial score (nSPS) is 12.8. The van der Waals surface area contributed by atoms with E-state index in [2.05, 4.69) is 0 Å². The number of hydrogen-bond donors (Lipinski definition) is 3. The molecule has 0 amide bonds. The summed E-state index contributed by atoms with van der Waals surface area (Å²) in [6, 6.07) is 5.06. The second-order valence-electron chi connectivity index (χ2n) is 2.95. The molecule has 0 bridgehead atoms. The standard InChI is InChI=1S/C9H15N3O/c1-13-5-9(12)7-4-6(10)2-3-8(7)11/h2-4,9H,5,10-12H2,1H3. The predicted octanol–water partition coefficient (Wildman–Crippen LogP) is 0.497. The summed E-state index contributed by atoms with van der Waals surface area (Å²) in [7, 11) is 1.60. The minimum atomic E-state index is -0.214. The molecule has 4 heteroatoms. The Kier molecular flexibility index (Phi) is 3.11. The highest BCUT2D eigenvalue weighted by molar-refractivity contribution is 5.56. The van der Waals surface area contributed by atoms with E-state index in [9.17, 15) is 0 Å². The van der Waals surface area contributed by atoms with Crippen LogP contribution in [0.15, 0.2) is 18.2 Å². The van der Waals surface area contributed by atoms with Gasteiger partial charge < -0.3 is 21.9 Å². The first-order chi connectivity index (χ1) is 6.15. The Labute approximate surface area is 77.7 Å². The van der Waals surface area contributed by atoms with Gasteiger partial charge in [0.25, 0.3) is 0 Å². The van der Waals surface area contributed by atoms with Gasteiger partial charge in [0.15, 0.2) is 0 Å². The molecule has 0 fully saturated rings. The maximum atomic E-state index is 5.81. The van der Waals surface area contributed by atoms with Gasteiger partial charge in [-0.05, 0) is 23.8 Å². The van der Waals surface area contributed by atoms with Crippen LogP contribution < -0.4 is 17.2 Å². The summed E-state index contributed by atoms with van der Waals surface area (Å²) in [5.41, 5.74) is 19.3. The number of rotatable bonds is 3. The highest BCUT2D eigenvalue weighted by Gasteiger charge is 2.08. The van der Waals surface area contributed by atoms with E-state index >= 15 is 0 Å². The Morgan fingerprint density at radius 1 is 1.38 bits per heavy atom. The van der Waals surface area contributed by atoms with E-state index in [4.69, 9.17) is 21.9 Å². The van der Waals surface area contributed by atoms with Gasteiger partial charge in [-0.25, -0.2) is 0 Å². The largest absolute Gasteiger partial charge is 0.399 e. The van der Waals surface area contributed by atoms with E-state index in [1.807, 2.05) is 0 Å². The maximum absolute atomic E-state index is 5.81. The van der Waals surface area contributed by atoms with Crippen LogP contribution in [0, 0.1) is 0 Å². The van der Waals surface area contributed by atoms with Crippen LogP contribution in [0.25, 0.3) is 0 Å². The van der Waals surface area contributed by atoms with Crippen LogP contribution in [0.3, 0.4) is 0 Å². The fourth-order valence-electron chi connectivity index (χ4n) is 1.18. The first-order valence-electron chi connectivity index (χ1n) is 4.04. The summed E-state index contributed by atoms with van der Waals surface area (Å²) >= 11 is 0. The molecule has 0 heterocycles. The van der Waals surface area contributed by atoms with Crippen molar-refractivity contribution in [3.8, 4) is 0 Å². The zero-order valence-electron chi connectivity index (χ0n) is 7.66. The number of methoxy groups -OCH3 is 1. The molecule has 1 aromatic carbocycles. The maximum Gasteiger partial charge on any atom is 0.0656 e. The minimum Gasteiger partial charge on any atom is -0.399 e. The van der Waals surface area contributed by atoms with Crippen molar-refractivity contribution in [2.45, 2.75) is 6.04 Å². The number of nitrogens with two attached hydrogens (primary N) is 3. The molecule has 0 spiro atoms. The second-order valence-corrected chi connectivity index (χ2v) is 2.95. The molecule has 0 saturated heterocycles. The van der Waals surface area contributed by atoms with Crippen molar-refractivity contribution >= 4 is 11.4 Å². The minimum absolute atomic E-state index is 0.214. The predicted molar refractivity (Wildman–Crippen MR) is 54.1 cm³/mol. The summed E-state index contributed by atoms with van der Waals surface area (Å²) in [4.78, 5) is 0. The summed E-state index contributed by atoms with van der Waals surface area (Å²) in [5, 5.41) is 0. The van der Waals surface area contributed by atoms with Crippen LogP contribution in [0.1, 0.15) is 11.6 Å². The molecule has 1 unspecified atom stereocenters. The van der Waals surface area contributed by atoms with Crippen molar-refractivity contribution in [3.05, 3.63) is 23.8 Å². The van der Waals surface area contributed by atoms with Crippen LogP contribution in [0.4, 0.5) is 11.4 Å². The fourth-order valence-corrected chi connectivity index (χ4v) is 1.18. The molecule has 0 saturated carbocycles. The zero-order valence-corrected chi connectivity index (χ0v) is 7.66. The first kappa shape index (κ1) is 9.83. The van der Waals surface area contributed by atoms with Crippen LogP contribution in [-0.2, 0) is 4.74 Å². The van der Waals surface area contributed by atoms with Gasteiger partial charge in [-0.2, -0.15) is 0 Å². The number of ether oxygens (including phenoxy) is 1. The molecular weight excluding hydrogens is 166 g/mol. The topological polar surface area (TPSA) is 87.3 Å². The lowest BCUT2D eigenvalue weighted by Gasteiger charge is -2.13. The molecule has 72 valence electrons. The van der Waals surface area contributed by atoms with E-state index in [0.29, 0.717) is 18.0 Å². The molecule has 0 aliphatic carbocycles. The molecule has 6 N–H and O–H groups in total. The van der Waals surface area contributed by atoms with Crippen molar-refractivity contribution < 1.29 is 4.74 Å². The number of anilines is 2. The third-order valence-corrected chi connectivity index (χ3v) is 1.86. The van der Waals surface area contributed by atoms with Crippen molar-refractivity contribution in [3.63, 3.8) is 0 Å². The monoisotopic (exact) mass is 181 g/mol. The first-order valence-corrected chi connectivity index (χ1v) is 4.04. The lowest BCUT2D eigenvalue weighted by Crippen LogP contribution is -2.17. The van der Waals surface area contributed by atoms with Gasteiger partial charge >= 0.3 is 0 Å². The smallest absolute Gasteiger partial charge is 0.0656 e. The fraction of sp³-hybridized carbons (Fsp3) is 0.333. The van der Waals surface area contributed by atoms with Crippen LogP contribution >= 0.6 is 0 Å². The molecule has 0 radical (unpaired) electrons. The quantitative estimate of drug-likeness (QED) is 0.592. The van der Waals surface area contributed by atoms with Crippen LogP contribution in [0.2, 0.25) is 0 Å². The molecule has 1 aromatic rings. The van der Waals surface area contributed by atoms with Crippen LogP contribution in [0.5, 0.6) is 0 Å². The summed E-state index contributed by atoms with van der Waals surface area (Å²) < 4.78 is 4.93. The third kappa shape index (κ3) is 2.34. The average Bonchev–Trinajstić information content (AvgIpc) is 2.09. The van der Waals surface area contributed by atoms with Gasteiger partial charge in [0.05, 0.1) is 12.6 Å². The Bertz CT molecular complexity index is 288. The third-order valence-electron chi connectivity index (χ3n) is 1.86. The SMILES string of the molecule is COCC(N)c1cc(N)ccc1N. The Morgan fingerprint density at radius 2 is 2.08 bits per heavy atom. The molecular formula is C9H15N3O. The van der Waals surface area contributed by atoms with Crippen molar-refractivity contribution in [1.29, 1.82) is 0 Å². The number of hydrogen-bond acceptors (Lipinski definition) is 4. The van der Waals surface area contributed by atoms with E-state index in [-0.39, 0.29) is 6.04 Å². The molecule has 0 aromatic heterocycles. The van der Waals surface area contributed by atoms with Crippen molar-refractivity contribution in [2.75, 3.05) is 25.2 Å². The van der Waals surface area contributed by atoms with Gasteiger partial charge in [0, 0.05) is 18.5 Å². The lowest BCUT2D eigenvalue weighted by atomic mass is 10.1. The Morgan fingerprint density at radius 3 is 2.69 bits per heavy atom. The summed E-state index contributed by atoms with van der Waals surface area (Å²) in [6.45, 7) is 0.438. The van der Waals surface area contributed by atoms with Gasteiger partial charge in [0.1, 0.15) is 0 Å². The summed E-state index contributed by atoms with van der Waals surface area (Å²) in [6.07, 6.45) is 0. The summed E-state index contributed by atoms with van der Waals surface area (Å²) in [5.74, 6) is 0. The van der Waals surface area contributed by atoms with Gasteiger partial charge in [-0.3, -0.25) is 0 Å².